The van der Waals surface area contributed by atoms with Gasteiger partial charge < -0.3 is 9.88 Å². The molecule has 20 heavy (non-hydrogen) atoms. The van der Waals surface area contributed by atoms with Crippen LogP contribution in [-0.2, 0) is 6.54 Å². The number of benzene rings is 1. The van der Waals surface area contributed by atoms with Crippen LogP contribution >= 0.6 is 0 Å². The summed E-state index contributed by atoms with van der Waals surface area (Å²) in [6, 6.07) is 10.6. The van der Waals surface area contributed by atoms with Gasteiger partial charge in [-0.2, -0.15) is 5.26 Å². The Morgan fingerprint density at radius 1 is 1.35 bits per heavy atom. The van der Waals surface area contributed by atoms with Crippen molar-refractivity contribution in [2.24, 2.45) is 0 Å². The summed E-state index contributed by atoms with van der Waals surface area (Å²) in [5.41, 5.74) is 1.84. The Morgan fingerprint density at radius 3 is 2.80 bits per heavy atom. The smallest absolute Gasteiger partial charge is 0.106 e. The molecule has 0 amide bonds. The summed E-state index contributed by atoms with van der Waals surface area (Å²) in [6.07, 6.45) is 2.95. The van der Waals surface area contributed by atoms with Gasteiger partial charge in [0.25, 0.3) is 0 Å². The Labute approximate surface area is 120 Å². The molecule has 2 aromatic rings. The van der Waals surface area contributed by atoms with Gasteiger partial charge in [0, 0.05) is 6.54 Å². The zero-order valence-electron chi connectivity index (χ0n) is 12.5. The molecule has 1 aromatic carbocycles. The van der Waals surface area contributed by atoms with Gasteiger partial charge in [0.1, 0.15) is 11.4 Å². The van der Waals surface area contributed by atoms with Crippen LogP contribution in [0.25, 0.3) is 11.0 Å². The number of unbranched alkanes of at least 4 members (excludes halogenated alkanes) is 1. The summed E-state index contributed by atoms with van der Waals surface area (Å²) in [5, 5.41) is 12.2. The van der Waals surface area contributed by atoms with Crippen molar-refractivity contribution in [2.45, 2.75) is 45.2 Å². The van der Waals surface area contributed by atoms with Gasteiger partial charge in [-0.1, -0.05) is 12.1 Å². The molecule has 4 nitrogen and oxygen atoms in total. The Morgan fingerprint density at radius 2 is 2.10 bits per heavy atom. The molecular weight excluding hydrogens is 248 g/mol. The molecule has 1 unspecified atom stereocenters. The summed E-state index contributed by atoms with van der Waals surface area (Å²) < 4.78 is 2.26. The van der Waals surface area contributed by atoms with Crippen molar-refractivity contribution in [3.63, 3.8) is 0 Å². The highest BCUT2D eigenvalue weighted by Crippen LogP contribution is 2.18. The Kier molecular flexibility index (Phi) is 4.41. The second kappa shape index (κ2) is 6.06. The standard InChI is InChI=1S/C16H22N4/c1-13-19-14-8-4-5-9-15(14)20(13)11-7-6-10-16(2,12-17)18-3/h4-5,8-9,18H,6-7,10-11H2,1-3H3. The summed E-state index contributed by atoms with van der Waals surface area (Å²) in [6.45, 7) is 4.95. The van der Waals surface area contributed by atoms with Crippen molar-refractivity contribution in [3.05, 3.63) is 30.1 Å². The average molecular weight is 270 g/mol. The van der Waals surface area contributed by atoms with Crippen LogP contribution in [0.5, 0.6) is 0 Å². The van der Waals surface area contributed by atoms with E-state index in [1.165, 1.54) is 5.52 Å². The van der Waals surface area contributed by atoms with Crippen molar-refractivity contribution in [1.29, 1.82) is 5.26 Å². The molecule has 0 aliphatic carbocycles. The van der Waals surface area contributed by atoms with Gasteiger partial charge >= 0.3 is 0 Å². The zero-order chi connectivity index (χ0) is 14.6. The fourth-order valence-electron chi connectivity index (χ4n) is 2.46. The van der Waals surface area contributed by atoms with E-state index >= 15 is 0 Å². The first-order chi connectivity index (χ1) is 9.59. The van der Waals surface area contributed by atoms with E-state index in [9.17, 15) is 0 Å². The number of aryl methyl sites for hydroxylation is 2. The minimum atomic E-state index is -0.411. The molecule has 0 aliphatic heterocycles. The van der Waals surface area contributed by atoms with E-state index in [1.54, 1.807) is 0 Å². The van der Waals surface area contributed by atoms with E-state index < -0.39 is 5.54 Å². The lowest BCUT2D eigenvalue weighted by atomic mass is 9.97. The van der Waals surface area contributed by atoms with Crippen LogP contribution in [0.3, 0.4) is 0 Å². The summed E-state index contributed by atoms with van der Waals surface area (Å²) >= 11 is 0. The lowest BCUT2D eigenvalue weighted by Crippen LogP contribution is -2.37. The largest absolute Gasteiger partial charge is 0.328 e. The molecule has 0 bridgehead atoms. The summed E-state index contributed by atoms with van der Waals surface area (Å²) in [7, 11) is 1.84. The van der Waals surface area contributed by atoms with E-state index in [0.717, 1.165) is 37.1 Å². The number of imidazole rings is 1. The predicted octanol–water partition coefficient (Wildman–Crippen LogP) is 3.02. The van der Waals surface area contributed by atoms with Crippen molar-refractivity contribution in [1.82, 2.24) is 14.9 Å². The third-order valence-corrected chi connectivity index (χ3v) is 3.95. The number of hydrogen-bond acceptors (Lipinski definition) is 3. The predicted molar refractivity (Wildman–Crippen MR) is 81.4 cm³/mol. The minimum Gasteiger partial charge on any atom is -0.328 e. The highest BCUT2D eigenvalue weighted by atomic mass is 15.1. The van der Waals surface area contributed by atoms with E-state index in [-0.39, 0.29) is 0 Å². The monoisotopic (exact) mass is 270 g/mol. The number of nitrogens with one attached hydrogen (secondary N) is 1. The molecule has 106 valence electrons. The van der Waals surface area contributed by atoms with Crippen LogP contribution in [0.15, 0.2) is 24.3 Å². The first kappa shape index (κ1) is 14.5. The molecule has 4 heteroatoms. The lowest BCUT2D eigenvalue weighted by molar-refractivity contribution is 0.424. The fourth-order valence-corrected chi connectivity index (χ4v) is 2.46. The van der Waals surface area contributed by atoms with Crippen LogP contribution in [-0.4, -0.2) is 22.1 Å². The van der Waals surface area contributed by atoms with Gasteiger partial charge in [0.15, 0.2) is 0 Å². The van der Waals surface area contributed by atoms with Crippen molar-refractivity contribution in [2.75, 3.05) is 7.05 Å². The normalized spacial score (nSPS) is 14.1. The van der Waals surface area contributed by atoms with E-state index in [2.05, 4.69) is 27.0 Å². The molecule has 2 rings (SSSR count). The Balaban J connectivity index is 1.97. The number of nitriles is 1. The number of rotatable bonds is 6. The van der Waals surface area contributed by atoms with Gasteiger partial charge in [-0.15, -0.1) is 0 Å². The third kappa shape index (κ3) is 3.00. The molecule has 0 spiro atoms. The number of nitrogens with zero attached hydrogens (tertiary/aromatic N) is 3. The molecule has 0 saturated carbocycles. The number of para-hydroxylation sites is 2. The van der Waals surface area contributed by atoms with Gasteiger partial charge in [-0.3, -0.25) is 0 Å². The molecule has 0 fully saturated rings. The van der Waals surface area contributed by atoms with Crippen LogP contribution in [0, 0.1) is 18.3 Å². The first-order valence-electron chi connectivity index (χ1n) is 7.12. The van der Waals surface area contributed by atoms with Crippen LogP contribution in [0.4, 0.5) is 0 Å². The number of hydrogen-bond donors (Lipinski definition) is 1. The molecule has 1 N–H and O–H groups in total. The molecule has 1 aromatic heterocycles. The molecule has 1 heterocycles. The van der Waals surface area contributed by atoms with E-state index in [0.29, 0.717) is 0 Å². The minimum absolute atomic E-state index is 0.411. The second-order valence-electron chi connectivity index (χ2n) is 5.45. The molecule has 0 radical (unpaired) electrons. The number of fused-ring (bicyclic) bond motifs is 1. The first-order valence-corrected chi connectivity index (χ1v) is 7.12. The zero-order valence-corrected chi connectivity index (χ0v) is 12.5. The highest BCUT2D eigenvalue weighted by molar-refractivity contribution is 5.75. The topological polar surface area (TPSA) is 53.6 Å². The molecule has 1 atom stereocenters. The quantitative estimate of drug-likeness (QED) is 0.821. The SMILES string of the molecule is CNC(C)(C#N)CCCCn1c(C)nc2ccccc21. The van der Waals surface area contributed by atoms with Gasteiger partial charge in [-0.05, 0) is 52.3 Å². The van der Waals surface area contributed by atoms with Crippen LogP contribution in [0.1, 0.15) is 32.0 Å². The van der Waals surface area contributed by atoms with Crippen molar-refractivity contribution >= 4 is 11.0 Å². The van der Waals surface area contributed by atoms with Crippen molar-refractivity contribution in [3.8, 4) is 6.07 Å². The van der Waals surface area contributed by atoms with Gasteiger partial charge in [0.2, 0.25) is 0 Å². The van der Waals surface area contributed by atoms with E-state index in [1.807, 2.05) is 39.1 Å². The molecule has 0 aliphatic rings. The fraction of sp³-hybridized carbons (Fsp3) is 0.500. The molecular formula is C16H22N4. The molecule has 0 saturated heterocycles. The highest BCUT2D eigenvalue weighted by Gasteiger charge is 2.20. The Bertz CT molecular complexity index is 623. The third-order valence-electron chi connectivity index (χ3n) is 3.95. The van der Waals surface area contributed by atoms with Crippen LogP contribution < -0.4 is 5.32 Å². The Hall–Kier alpha value is -1.86. The van der Waals surface area contributed by atoms with E-state index in [4.69, 9.17) is 5.26 Å². The maximum Gasteiger partial charge on any atom is 0.106 e. The lowest BCUT2D eigenvalue weighted by Gasteiger charge is -2.20. The van der Waals surface area contributed by atoms with Crippen molar-refractivity contribution < 1.29 is 0 Å². The number of aromatic nitrogens is 2. The average Bonchev–Trinajstić information content (AvgIpc) is 2.79. The summed E-state index contributed by atoms with van der Waals surface area (Å²) in [5.74, 6) is 1.06. The van der Waals surface area contributed by atoms with Gasteiger partial charge in [0.05, 0.1) is 17.1 Å². The second-order valence-corrected chi connectivity index (χ2v) is 5.45. The maximum absolute atomic E-state index is 9.13. The van der Waals surface area contributed by atoms with Gasteiger partial charge in [-0.25, -0.2) is 4.98 Å². The maximum atomic E-state index is 9.13. The summed E-state index contributed by atoms with van der Waals surface area (Å²) in [4.78, 5) is 4.57. The van der Waals surface area contributed by atoms with Crippen LogP contribution in [0.2, 0.25) is 0 Å².